The average Bonchev–Trinajstić information content (AvgIpc) is 3.14. The first-order valence-corrected chi connectivity index (χ1v) is 9.84. The van der Waals surface area contributed by atoms with Crippen molar-refractivity contribution in [2.24, 2.45) is 0 Å². The largest absolute Gasteiger partial charge is 0.488 e. The molecule has 1 atom stereocenters. The SMILES string of the molecule is S=C(NC[C@H]1CCCO1)c1cc(Cl)ccc1OCc1c(Cl)cccc1Cl. The molecule has 0 saturated carbocycles. The predicted octanol–water partition coefficient (Wildman–Crippen LogP) is 5.67. The molecule has 0 aromatic heterocycles. The van der Waals surface area contributed by atoms with Gasteiger partial charge in [-0.05, 0) is 43.2 Å². The Morgan fingerprint density at radius 2 is 1.96 bits per heavy atom. The Hall–Kier alpha value is -1.04. The highest BCUT2D eigenvalue weighted by Crippen LogP contribution is 2.28. The lowest BCUT2D eigenvalue weighted by Gasteiger charge is -2.17. The van der Waals surface area contributed by atoms with E-state index in [1.165, 1.54) is 0 Å². The van der Waals surface area contributed by atoms with E-state index in [4.69, 9.17) is 56.5 Å². The molecular formula is C19H18Cl3NO2S. The van der Waals surface area contributed by atoms with Crippen molar-refractivity contribution >= 4 is 52.0 Å². The van der Waals surface area contributed by atoms with Crippen molar-refractivity contribution in [1.82, 2.24) is 5.32 Å². The molecule has 1 aliphatic heterocycles. The van der Waals surface area contributed by atoms with Crippen LogP contribution in [0.5, 0.6) is 5.75 Å². The zero-order valence-electron chi connectivity index (χ0n) is 13.9. The molecule has 0 aliphatic carbocycles. The summed E-state index contributed by atoms with van der Waals surface area (Å²) in [5, 5.41) is 4.96. The van der Waals surface area contributed by atoms with Crippen molar-refractivity contribution in [3.8, 4) is 5.75 Å². The van der Waals surface area contributed by atoms with Crippen LogP contribution >= 0.6 is 47.0 Å². The summed E-state index contributed by atoms with van der Waals surface area (Å²) in [6.07, 6.45) is 2.32. The van der Waals surface area contributed by atoms with Gasteiger partial charge in [-0.25, -0.2) is 0 Å². The van der Waals surface area contributed by atoms with Gasteiger partial charge in [-0.2, -0.15) is 0 Å². The number of hydrogen-bond acceptors (Lipinski definition) is 3. The number of halogens is 3. The summed E-state index contributed by atoms with van der Waals surface area (Å²) in [5.74, 6) is 0.621. The Morgan fingerprint density at radius 3 is 2.65 bits per heavy atom. The molecule has 3 nitrogen and oxygen atoms in total. The lowest BCUT2D eigenvalue weighted by Crippen LogP contribution is -2.31. The van der Waals surface area contributed by atoms with Gasteiger partial charge in [0, 0.05) is 33.8 Å². The summed E-state index contributed by atoms with van der Waals surface area (Å²) >= 11 is 24.1. The quantitative estimate of drug-likeness (QED) is 0.598. The summed E-state index contributed by atoms with van der Waals surface area (Å²) < 4.78 is 11.6. The van der Waals surface area contributed by atoms with E-state index in [0.29, 0.717) is 32.4 Å². The summed E-state index contributed by atoms with van der Waals surface area (Å²) in [4.78, 5) is 0.572. The number of ether oxygens (including phenoxy) is 2. The molecule has 1 aliphatic rings. The van der Waals surface area contributed by atoms with E-state index in [1.54, 1.807) is 36.4 Å². The van der Waals surface area contributed by atoms with Crippen LogP contribution in [-0.2, 0) is 11.3 Å². The normalized spacial score (nSPS) is 16.5. The van der Waals surface area contributed by atoms with Crippen molar-refractivity contribution in [2.45, 2.75) is 25.6 Å². The molecule has 0 amide bonds. The van der Waals surface area contributed by atoms with Gasteiger partial charge in [0.1, 0.15) is 17.3 Å². The van der Waals surface area contributed by atoms with Crippen LogP contribution in [0.15, 0.2) is 36.4 Å². The second-order valence-corrected chi connectivity index (χ2v) is 7.63. The number of benzene rings is 2. The van der Waals surface area contributed by atoms with Crippen LogP contribution in [0.2, 0.25) is 15.1 Å². The standard InChI is InChI=1S/C19H18Cl3NO2S/c20-12-6-7-18(25-11-15-16(21)4-1-5-17(15)22)14(9-12)19(26)23-10-13-3-2-8-24-13/h1,4-7,9,13H,2-3,8,10-11H2,(H,23,26)/t13-/m1/s1. The third-order valence-electron chi connectivity index (χ3n) is 4.13. The molecule has 1 saturated heterocycles. The van der Waals surface area contributed by atoms with Gasteiger partial charge in [0.15, 0.2) is 0 Å². The van der Waals surface area contributed by atoms with Crippen molar-refractivity contribution in [3.63, 3.8) is 0 Å². The summed E-state index contributed by atoms with van der Waals surface area (Å²) in [5.41, 5.74) is 1.46. The van der Waals surface area contributed by atoms with Gasteiger partial charge in [-0.15, -0.1) is 0 Å². The van der Waals surface area contributed by atoms with Crippen molar-refractivity contribution < 1.29 is 9.47 Å². The molecule has 26 heavy (non-hydrogen) atoms. The van der Waals surface area contributed by atoms with Gasteiger partial charge in [0.2, 0.25) is 0 Å². The van der Waals surface area contributed by atoms with Gasteiger partial charge < -0.3 is 14.8 Å². The van der Waals surface area contributed by atoms with Crippen LogP contribution in [0.4, 0.5) is 0 Å². The molecule has 3 rings (SSSR count). The Bertz CT molecular complexity index is 774. The topological polar surface area (TPSA) is 30.5 Å². The molecule has 2 aromatic rings. The van der Waals surface area contributed by atoms with E-state index in [1.807, 2.05) is 0 Å². The Balaban J connectivity index is 1.71. The Labute approximate surface area is 173 Å². The molecule has 0 radical (unpaired) electrons. The molecule has 0 bridgehead atoms. The molecule has 0 unspecified atom stereocenters. The highest BCUT2D eigenvalue weighted by atomic mass is 35.5. The molecule has 2 aromatic carbocycles. The van der Waals surface area contributed by atoms with Gasteiger partial charge in [-0.1, -0.05) is 53.1 Å². The first-order valence-electron chi connectivity index (χ1n) is 8.29. The van der Waals surface area contributed by atoms with E-state index in [0.717, 1.165) is 30.6 Å². The maximum Gasteiger partial charge on any atom is 0.130 e. The van der Waals surface area contributed by atoms with Crippen LogP contribution < -0.4 is 10.1 Å². The Kier molecular flexibility index (Phi) is 7.01. The van der Waals surface area contributed by atoms with Crippen molar-refractivity contribution in [3.05, 3.63) is 62.6 Å². The van der Waals surface area contributed by atoms with Gasteiger partial charge >= 0.3 is 0 Å². The lowest BCUT2D eigenvalue weighted by atomic mass is 10.1. The maximum atomic E-state index is 6.21. The zero-order chi connectivity index (χ0) is 18.5. The van der Waals surface area contributed by atoms with E-state index in [2.05, 4.69) is 5.32 Å². The van der Waals surface area contributed by atoms with Crippen LogP contribution in [0.3, 0.4) is 0 Å². The number of nitrogens with one attached hydrogen (secondary N) is 1. The molecule has 0 spiro atoms. The average molecular weight is 431 g/mol. The van der Waals surface area contributed by atoms with Crippen LogP contribution in [0.25, 0.3) is 0 Å². The fourth-order valence-corrected chi connectivity index (χ4v) is 3.65. The van der Waals surface area contributed by atoms with E-state index >= 15 is 0 Å². The van der Waals surface area contributed by atoms with Crippen molar-refractivity contribution in [1.29, 1.82) is 0 Å². The zero-order valence-corrected chi connectivity index (χ0v) is 17.0. The maximum absolute atomic E-state index is 6.21. The van der Waals surface area contributed by atoms with E-state index < -0.39 is 0 Å². The lowest BCUT2D eigenvalue weighted by molar-refractivity contribution is 0.114. The molecule has 138 valence electrons. The van der Waals surface area contributed by atoms with Crippen LogP contribution in [-0.4, -0.2) is 24.2 Å². The van der Waals surface area contributed by atoms with Gasteiger partial charge in [0.25, 0.3) is 0 Å². The van der Waals surface area contributed by atoms with E-state index in [-0.39, 0.29) is 12.7 Å². The molecule has 1 N–H and O–H groups in total. The number of rotatable bonds is 6. The first kappa shape index (κ1) is 19.7. The van der Waals surface area contributed by atoms with Crippen LogP contribution in [0.1, 0.15) is 24.0 Å². The van der Waals surface area contributed by atoms with Crippen LogP contribution in [0, 0.1) is 0 Å². The highest BCUT2D eigenvalue weighted by Gasteiger charge is 2.17. The second-order valence-electron chi connectivity index (χ2n) is 5.97. The van der Waals surface area contributed by atoms with Gasteiger partial charge in [0.05, 0.1) is 11.7 Å². The summed E-state index contributed by atoms with van der Waals surface area (Å²) in [7, 11) is 0. The molecule has 7 heteroatoms. The second kappa shape index (κ2) is 9.25. The van der Waals surface area contributed by atoms with E-state index in [9.17, 15) is 0 Å². The first-order chi connectivity index (χ1) is 12.5. The number of hydrogen-bond donors (Lipinski definition) is 1. The molecule has 1 heterocycles. The smallest absolute Gasteiger partial charge is 0.130 e. The fourth-order valence-electron chi connectivity index (χ4n) is 2.73. The third kappa shape index (κ3) is 5.02. The van der Waals surface area contributed by atoms with Crippen molar-refractivity contribution in [2.75, 3.05) is 13.2 Å². The molecular weight excluding hydrogens is 413 g/mol. The monoisotopic (exact) mass is 429 g/mol. The predicted molar refractivity (Wildman–Crippen MR) is 111 cm³/mol. The number of thiocarbonyl (C=S) groups is 1. The minimum absolute atomic E-state index is 0.193. The minimum atomic E-state index is 0.193. The molecule has 1 fully saturated rings. The Morgan fingerprint density at radius 1 is 1.19 bits per heavy atom. The highest BCUT2D eigenvalue weighted by molar-refractivity contribution is 7.80. The fraction of sp³-hybridized carbons (Fsp3) is 0.316. The summed E-state index contributed by atoms with van der Waals surface area (Å²) in [6, 6.07) is 10.7. The summed E-state index contributed by atoms with van der Waals surface area (Å²) in [6.45, 7) is 1.71. The third-order valence-corrected chi connectivity index (χ3v) is 5.44. The minimum Gasteiger partial charge on any atom is -0.488 e. The van der Waals surface area contributed by atoms with Gasteiger partial charge in [-0.3, -0.25) is 0 Å².